The second-order valence-corrected chi connectivity index (χ2v) is 7.30. The molecule has 6 nitrogen and oxygen atoms in total. The number of piperazine rings is 1. The molecule has 4 rings (SSSR count). The Hall–Kier alpha value is -3.28. The number of hydrogen-bond acceptors (Lipinski definition) is 6. The number of methoxy groups -OCH3 is 1. The number of hydrogen-bond donors (Lipinski definition) is 1. The number of anilines is 4. The number of aryl methyl sites for hydroxylation is 2. The Labute approximate surface area is 172 Å². The molecule has 0 radical (unpaired) electrons. The molecule has 0 unspecified atom stereocenters. The van der Waals surface area contributed by atoms with E-state index in [4.69, 9.17) is 4.74 Å². The molecular formula is C23H27N5O. The molecule has 3 aromatic rings. The van der Waals surface area contributed by atoms with Crippen molar-refractivity contribution in [1.82, 2.24) is 9.97 Å². The summed E-state index contributed by atoms with van der Waals surface area (Å²) in [7, 11) is 1.72. The third-order valence-corrected chi connectivity index (χ3v) is 5.42. The van der Waals surface area contributed by atoms with Crippen LogP contribution in [0.2, 0.25) is 0 Å². The minimum Gasteiger partial charge on any atom is -0.495 e. The van der Waals surface area contributed by atoms with E-state index in [1.165, 1.54) is 11.1 Å². The van der Waals surface area contributed by atoms with Gasteiger partial charge in [-0.05, 0) is 37.1 Å². The van der Waals surface area contributed by atoms with Gasteiger partial charge in [-0.1, -0.05) is 30.3 Å². The number of rotatable bonds is 5. The van der Waals surface area contributed by atoms with Crippen molar-refractivity contribution in [2.75, 3.05) is 48.4 Å². The van der Waals surface area contributed by atoms with Crippen molar-refractivity contribution in [2.45, 2.75) is 13.8 Å². The highest BCUT2D eigenvalue weighted by Crippen LogP contribution is 2.29. The Morgan fingerprint density at radius 2 is 1.55 bits per heavy atom. The second kappa shape index (κ2) is 8.39. The molecule has 0 atom stereocenters. The summed E-state index contributed by atoms with van der Waals surface area (Å²) in [5.74, 6) is 2.69. The molecule has 1 saturated heterocycles. The van der Waals surface area contributed by atoms with Gasteiger partial charge < -0.3 is 19.9 Å². The highest BCUT2D eigenvalue weighted by atomic mass is 16.5. The topological polar surface area (TPSA) is 53.5 Å². The Morgan fingerprint density at radius 3 is 2.28 bits per heavy atom. The van der Waals surface area contributed by atoms with Gasteiger partial charge in [-0.3, -0.25) is 0 Å². The summed E-state index contributed by atoms with van der Waals surface area (Å²) >= 11 is 0. The summed E-state index contributed by atoms with van der Waals surface area (Å²) in [6, 6.07) is 16.5. The zero-order chi connectivity index (χ0) is 20.2. The van der Waals surface area contributed by atoms with Crippen LogP contribution in [0.4, 0.5) is 23.0 Å². The number of nitrogens with zero attached hydrogens (tertiary/aromatic N) is 4. The van der Waals surface area contributed by atoms with Crippen LogP contribution in [-0.2, 0) is 0 Å². The van der Waals surface area contributed by atoms with Crippen LogP contribution in [-0.4, -0.2) is 43.3 Å². The van der Waals surface area contributed by atoms with Gasteiger partial charge in [-0.25, -0.2) is 9.97 Å². The highest BCUT2D eigenvalue weighted by molar-refractivity contribution is 5.66. The molecule has 2 heterocycles. The molecule has 1 fully saturated rings. The normalized spacial score (nSPS) is 14.0. The quantitative estimate of drug-likeness (QED) is 0.707. The SMILES string of the molecule is COc1ccccc1N1CCN(c2cc(Nc3c(C)cccc3C)ncn2)CC1. The van der Waals surface area contributed by atoms with Gasteiger partial charge in [0, 0.05) is 37.9 Å². The molecular weight excluding hydrogens is 362 g/mol. The third-order valence-electron chi connectivity index (χ3n) is 5.42. The van der Waals surface area contributed by atoms with Crippen molar-refractivity contribution in [3.8, 4) is 5.75 Å². The largest absolute Gasteiger partial charge is 0.495 e. The van der Waals surface area contributed by atoms with Gasteiger partial charge in [0.2, 0.25) is 0 Å². The van der Waals surface area contributed by atoms with Crippen molar-refractivity contribution >= 4 is 23.0 Å². The van der Waals surface area contributed by atoms with Gasteiger partial charge in [0.25, 0.3) is 0 Å². The molecule has 150 valence electrons. The second-order valence-electron chi connectivity index (χ2n) is 7.30. The van der Waals surface area contributed by atoms with Crippen molar-refractivity contribution < 1.29 is 4.74 Å². The number of para-hydroxylation sites is 3. The van der Waals surface area contributed by atoms with E-state index in [-0.39, 0.29) is 0 Å². The van der Waals surface area contributed by atoms with Crippen LogP contribution in [0.1, 0.15) is 11.1 Å². The smallest absolute Gasteiger partial charge is 0.142 e. The summed E-state index contributed by atoms with van der Waals surface area (Å²) in [6.07, 6.45) is 1.64. The molecule has 29 heavy (non-hydrogen) atoms. The fourth-order valence-corrected chi connectivity index (χ4v) is 3.80. The lowest BCUT2D eigenvalue weighted by Gasteiger charge is -2.37. The zero-order valence-electron chi connectivity index (χ0n) is 17.2. The van der Waals surface area contributed by atoms with Gasteiger partial charge in [-0.15, -0.1) is 0 Å². The minimum atomic E-state index is 0.819. The highest BCUT2D eigenvalue weighted by Gasteiger charge is 2.20. The van der Waals surface area contributed by atoms with Crippen LogP contribution < -0.4 is 19.9 Å². The Kier molecular flexibility index (Phi) is 5.51. The van der Waals surface area contributed by atoms with Crippen LogP contribution in [0.3, 0.4) is 0 Å². The summed E-state index contributed by atoms with van der Waals surface area (Å²) < 4.78 is 5.52. The van der Waals surface area contributed by atoms with Crippen LogP contribution in [0.15, 0.2) is 54.9 Å². The van der Waals surface area contributed by atoms with Gasteiger partial charge in [-0.2, -0.15) is 0 Å². The zero-order valence-corrected chi connectivity index (χ0v) is 17.2. The average Bonchev–Trinajstić information content (AvgIpc) is 2.77. The lowest BCUT2D eigenvalue weighted by molar-refractivity contribution is 0.413. The lowest BCUT2D eigenvalue weighted by Crippen LogP contribution is -2.47. The summed E-state index contributed by atoms with van der Waals surface area (Å²) in [5.41, 5.74) is 4.67. The molecule has 1 aliphatic rings. The van der Waals surface area contributed by atoms with E-state index < -0.39 is 0 Å². The van der Waals surface area contributed by atoms with Crippen molar-refractivity contribution in [1.29, 1.82) is 0 Å². The first kappa shape index (κ1) is 19.1. The van der Waals surface area contributed by atoms with E-state index >= 15 is 0 Å². The van der Waals surface area contributed by atoms with E-state index in [9.17, 15) is 0 Å². The number of ether oxygens (including phenoxy) is 1. The monoisotopic (exact) mass is 389 g/mol. The molecule has 1 aliphatic heterocycles. The molecule has 0 amide bonds. The molecule has 1 N–H and O–H groups in total. The lowest BCUT2D eigenvalue weighted by atomic mass is 10.1. The first-order chi connectivity index (χ1) is 14.2. The third kappa shape index (κ3) is 4.11. The summed E-state index contributed by atoms with van der Waals surface area (Å²) in [6.45, 7) is 7.85. The van der Waals surface area contributed by atoms with Crippen LogP contribution >= 0.6 is 0 Å². The van der Waals surface area contributed by atoms with E-state index in [1.54, 1.807) is 13.4 Å². The first-order valence-electron chi connectivity index (χ1n) is 9.94. The minimum absolute atomic E-state index is 0.819. The van der Waals surface area contributed by atoms with Crippen LogP contribution in [0.5, 0.6) is 5.75 Å². The number of aromatic nitrogens is 2. The fourth-order valence-electron chi connectivity index (χ4n) is 3.80. The molecule has 2 aromatic carbocycles. The maximum Gasteiger partial charge on any atom is 0.142 e. The van der Waals surface area contributed by atoms with Gasteiger partial charge >= 0.3 is 0 Å². The molecule has 0 bridgehead atoms. The summed E-state index contributed by atoms with van der Waals surface area (Å²) in [5, 5.41) is 3.46. The molecule has 0 saturated carbocycles. The Balaban J connectivity index is 1.46. The predicted octanol–water partition coefficient (Wildman–Crippen LogP) is 4.17. The van der Waals surface area contributed by atoms with Gasteiger partial charge in [0.15, 0.2) is 0 Å². The number of benzene rings is 2. The average molecular weight is 390 g/mol. The van der Waals surface area contributed by atoms with Crippen molar-refractivity contribution in [2.24, 2.45) is 0 Å². The standard InChI is InChI=1S/C23H27N5O/c1-17-7-6-8-18(2)23(17)26-21-15-22(25-16-24-21)28-13-11-27(12-14-28)19-9-4-5-10-20(19)29-3/h4-10,15-16H,11-14H2,1-3H3,(H,24,25,26). The molecule has 1 aromatic heterocycles. The predicted molar refractivity (Wildman–Crippen MR) is 119 cm³/mol. The van der Waals surface area contributed by atoms with Gasteiger partial charge in [0.1, 0.15) is 23.7 Å². The fraction of sp³-hybridized carbons (Fsp3) is 0.304. The van der Waals surface area contributed by atoms with E-state index in [0.29, 0.717) is 0 Å². The maximum atomic E-state index is 5.52. The molecule has 6 heteroatoms. The van der Waals surface area contributed by atoms with E-state index in [1.807, 2.05) is 18.2 Å². The first-order valence-corrected chi connectivity index (χ1v) is 9.94. The Bertz CT molecular complexity index is 962. The molecule has 0 spiro atoms. The van der Waals surface area contributed by atoms with Gasteiger partial charge in [0.05, 0.1) is 12.8 Å². The van der Waals surface area contributed by atoms with Crippen molar-refractivity contribution in [3.05, 3.63) is 66.0 Å². The van der Waals surface area contributed by atoms with Crippen LogP contribution in [0, 0.1) is 13.8 Å². The maximum absolute atomic E-state index is 5.52. The Morgan fingerprint density at radius 1 is 0.862 bits per heavy atom. The van der Waals surface area contributed by atoms with E-state index in [2.05, 4.69) is 69.3 Å². The van der Waals surface area contributed by atoms with Crippen LogP contribution in [0.25, 0.3) is 0 Å². The van der Waals surface area contributed by atoms with Crippen molar-refractivity contribution in [3.63, 3.8) is 0 Å². The molecule has 0 aliphatic carbocycles. The summed E-state index contributed by atoms with van der Waals surface area (Å²) in [4.78, 5) is 13.6. The van der Waals surface area contributed by atoms with E-state index in [0.717, 1.165) is 54.9 Å². The number of nitrogens with one attached hydrogen (secondary N) is 1.